The SMILES string of the molecule is CC(=O)c1nn(CC(=O)N(CC(=O)Nc2cccc(Cl)n2)C2CC2)c2ccc(CC(=O)CC3CCNC3)cc12. The van der Waals surface area contributed by atoms with Gasteiger partial charge in [0.15, 0.2) is 5.78 Å². The van der Waals surface area contributed by atoms with Crippen molar-refractivity contribution in [3.05, 3.63) is 52.8 Å². The third kappa shape index (κ3) is 6.69. The minimum absolute atomic E-state index is 0.0163. The zero-order valence-corrected chi connectivity index (χ0v) is 22.5. The lowest BCUT2D eigenvalue weighted by Gasteiger charge is -2.22. The van der Waals surface area contributed by atoms with Crippen LogP contribution in [-0.2, 0) is 27.3 Å². The molecular formula is C28H31ClN6O4. The first-order valence-electron chi connectivity index (χ1n) is 13.2. The van der Waals surface area contributed by atoms with Crippen LogP contribution in [0.1, 0.15) is 48.7 Å². The summed E-state index contributed by atoms with van der Waals surface area (Å²) in [5, 5.41) is 11.3. The molecule has 3 heterocycles. The minimum Gasteiger partial charge on any atom is -0.329 e. The van der Waals surface area contributed by atoms with Gasteiger partial charge in [-0.2, -0.15) is 5.10 Å². The summed E-state index contributed by atoms with van der Waals surface area (Å²) in [6.45, 7) is 3.02. The number of ketones is 2. The standard InChI is InChI=1S/C28H31ClN6O4/c1-17(36)28-22-13-18(11-21(37)12-19-9-10-30-14-19)5-8-23(22)35(33-28)16-27(39)34(20-6-7-20)15-26(38)32-25-4-2-3-24(29)31-25/h2-5,8,13,19-20,30H,6-7,9-12,14-16H2,1H3,(H,31,32,38). The first-order valence-corrected chi connectivity index (χ1v) is 13.6. The molecule has 204 valence electrons. The largest absolute Gasteiger partial charge is 0.329 e. The molecule has 2 aliphatic rings. The molecule has 2 aromatic heterocycles. The third-order valence-electron chi connectivity index (χ3n) is 7.12. The van der Waals surface area contributed by atoms with Crippen LogP contribution in [-0.4, -0.2) is 68.7 Å². The second-order valence-electron chi connectivity index (χ2n) is 10.3. The average Bonchev–Trinajstić information content (AvgIpc) is 3.48. The van der Waals surface area contributed by atoms with Crippen LogP contribution in [0.4, 0.5) is 5.82 Å². The molecule has 5 rings (SSSR count). The Kier molecular flexibility index (Phi) is 8.04. The molecule has 2 N–H and O–H groups in total. The molecule has 1 aliphatic heterocycles. The van der Waals surface area contributed by atoms with Gasteiger partial charge in [0.05, 0.1) is 5.52 Å². The van der Waals surface area contributed by atoms with Crippen molar-refractivity contribution in [2.75, 3.05) is 25.0 Å². The first-order chi connectivity index (χ1) is 18.8. The van der Waals surface area contributed by atoms with E-state index in [9.17, 15) is 19.2 Å². The highest BCUT2D eigenvalue weighted by Crippen LogP contribution is 2.28. The lowest BCUT2D eigenvalue weighted by Crippen LogP contribution is -2.41. The number of benzene rings is 1. The van der Waals surface area contributed by atoms with Crippen molar-refractivity contribution >= 4 is 51.7 Å². The van der Waals surface area contributed by atoms with Crippen LogP contribution in [0.5, 0.6) is 0 Å². The second kappa shape index (κ2) is 11.6. The topological polar surface area (TPSA) is 126 Å². The van der Waals surface area contributed by atoms with Gasteiger partial charge in [-0.05, 0) is 68.1 Å². The molecule has 3 aromatic rings. The van der Waals surface area contributed by atoms with E-state index in [0.29, 0.717) is 35.5 Å². The molecule has 0 bridgehead atoms. The number of anilines is 1. The molecule has 0 radical (unpaired) electrons. The lowest BCUT2D eigenvalue weighted by molar-refractivity contribution is -0.135. The van der Waals surface area contributed by atoms with E-state index in [1.54, 1.807) is 29.2 Å². The molecule has 1 aliphatic carbocycles. The van der Waals surface area contributed by atoms with Gasteiger partial charge < -0.3 is 15.5 Å². The quantitative estimate of drug-likeness (QED) is 0.277. The van der Waals surface area contributed by atoms with Crippen molar-refractivity contribution in [1.82, 2.24) is 25.0 Å². The van der Waals surface area contributed by atoms with Crippen LogP contribution in [0, 0.1) is 5.92 Å². The number of Topliss-reactive ketones (excluding diaryl/α,β-unsaturated/α-hetero) is 2. The molecule has 2 fully saturated rings. The van der Waals surface area contributed by atoms with Gasteiger partial charge in [-0.15, -0.1) is 0 Å². The van der Waals surface area contributed by atoms with Gasteiger partial charge in [-0.3, -0.25) is 23.9 Å². The summed E-state index contributed by atoms with van der Waals surface area (Å²) < 4.78 is 1.51. The molecule has 10 nitrogen and oxygen atoms in total. The third-order valence-corrected chi connectivity index (χ3v) is 7.33. The zero-order valence-electron chi connectivity index (χ0n) is 21.8. The smallest absolute Gasteiger partial charge is 0.245 e. The van der Waals surface area contributed by atoms with Crippen LogP contribution >= 0.6 is 11.6 Å². The summed E-state index contributed by atoms with van der Waals surface area (Å²) in [6, 6.07) is 10.4. The molecule has 1 saturated carbocycles. The highest BCUT2D eigenvalue weighted by Gasteiger charge is 2.34. The molecule has 1 aromatic carbocycles. The summed E-state index contributed by atoms with van der Waals surface area (Å²) >= 11 is 5.90. The number of carbonyl (C=O) groups is 4. The first kappa shape index (κ1) is 27.0. The Balaban J connectivity index is 1.30. The number of hydrogen-bond donors (Lipinski definition) is 2. The predicted octanol–water partition coefficient (Wildman–Crippen LogP) is 3.03. The molecule has 39 heavy (non-hydrogen) atoms. The Morgan fingerprint density at radius 1 is 1.15 bits per heavy atom. The van der Waals surface area contributed by atoms with Gasteiger partial charge in [0.25, 0.3) is 0 Å². The Morgan fingerprint density at radius 3 is 2.67 bits per heavy atom. The van der Waals surface area contributed by atoms with Gasteiger partial charge in [0.2, 0.25) is 11.8 Å². The monoisotopic (exact) mass is 550 g/mol. The van der Waals surface area contributed by atoms with E-state index in [1.807, 2.05) is 12.1 Å². The molecule has 2 amide bonds. The molecular weight excluding hydrogens is 520 g/mol. The summed E-state index contributed by atoms with van der Waals surface area (Å²) in [5.41, 5.74) is 1.71. The van der Waals surface area contributed by atoms with Gasteiger partial charge >= 0.3 is 0 Å². The number of nitrogens with zero attached hydrogens (tertiary/aromatic N) is 4. The number of rotatable bonds is 11. The van der Waals surface area contributed by atoms with Crippen LogP contribution in [0.25, 0.3) is 10.9 Å². The highest BCUT2D eigenvalue weighted by atomic mass is 35.5. The van der Waals surface area contributed by atoms with Crippen molar-refractivity contribution in [3.8, 4) is 0 Å². The summed E-state index contributed by atoms with van der Waals surface area (Å²) in [5.74, 6) is -0.00588. The number of halogens is 1. The number of carbonyl (C=O) groups excluding carboxylic acids is 4. The van der Waals surface area contributed by atoms with E-state index in [0.717, 1.165) is 37.9 Å². The van der Waals surface area contributed by atoms with E-state index in [2.05, 4.69) is 20.7 Å². The van der Waals surface area contributed by atoms with Crippen molar-refractivity contribution in [2.45, 2.75) is 51.6 Å². The minimum atomic E-state index is -0.373. The Labute approximate surface area is 231 Å². The van der Waals surface area contributed by atoms with E-state index >= 15 is 0 Å². The highest BCUT2D eigenvalue weighted by molar-refractivity contribution is 6.29. The average molecular weight is 551 g/mol. The van der Waals surface area contributed by atoms with E-state index in [4.69, 9.17) is 11.6 Å². The van der Waals surface area contributed by atoms with E-state index in [-0.39, 0.29) is 53.4 Å². The fraction of sp³-hybridized carbons (Fsp3) is 0.429. The van der Waals surface area contributed by atoms with Gasteiger partial charge in [-0.1, -0.05) is 23.7 Å². The van der Waals surface area contributed by atoms with Gasteiger partial charge in [0, 0.05) is 31.2 Å². The van der Waals surface area contributed by atoms with Crippen molar-refractivity contribution in [1.29, 1.82) is 0 Å². The van der Waals surface area contributed by atoms with E-state index < -0.39 is 0 Å². The van der Waals surface area contributed by atoms with Crippen molar-refractivity contribution < 1.29 is 19.2 Å². The number of pyridine rings is 1. The Hall–Kier alpha value is -3.63. The fourth-order valence-electron chi connectivity index (χ4n) is 5.07. The number of nitrogens with one attached hydrogen (secondary N) is 2. The van der Waals surface area contributed by atoms with Crippen LogP contribution in [0.15, 0.2) is 36.4 Å². The molecule has 0 spiro atoms. The van der Waals surface area contributed by atoms with Crippen LogP contribution in [0.3, 0.4) is 0 Å². The normalized spacial score (nSPS) is 16.8. The number of hydrogen-bond acceptors (Lipinski definition) is 7. The number of aromatic nitrogens is 3. The molecule has 1 unspecified atom stereocenters. The maximum Gasteiger partial charge on any atom is 0.245 e. The number of fused-ring (bicyclic) bond motifs is 1. The van der Waals surface area contributed by atoms with Crippen LogP contribution in [0.2, 0.25) is 5.15 Å². The Morgan fingerprint density at radius 2 is 1.97 bits per heavy atom. The maximum atomic E-state index is 13.3. The molecule has 1 saturated heterocycles. The summed E-state index contributed by atoms with van der Waals surface area (Å²) in [6.07, 6.45) is 3.48. The van der Waals surface area contributed by atoms with Crippen molar-refractivity contribution in [2.24, 2.45) is 5.92 Å². The molecule has 1 atom stereocenters. The van der Waals surface area contributed by atoms with Crippen molar-refractivity contribution in [3.63, 3.8) is 0 Å². The second-order valence-corrected chi connectivity index (χ2v) is 10.7. The maximum absolute atomic E-state index is 13.3. The Bertz CT molecular complexity index is 1430. The van der Waals surface area contributed by atoms with E-state index in [1.165, 1.54) is 11.6 Å². The summed E-state index contributed by atoms with van der Waals surface area (Å²) in [7, 11) is 0. The predicted molar refractivity (Wildman–Crippen MR) is 147 cm³/mol. The molecule has 11 heteroatoms. The number of amides is 2. The zero-order chi connectivity index (χ0) is 27.5. The van der Waals surface area contributed by atoms with Gasteiger partial charge in [-0.25, -0.2) is 4.98 Å². The lowest BCUT2D eigenvalue weighted by atomic mass is 9.97. The van der Waals surface area contributed by atoms with Crippen LogP contribution < -0.4 is 10.6 Å². The summed E-state index contributed by atoms with van der Waals surface area (Å²) in [4.78, 5) is 56.7. The van der Waals surface area contributed by atoms with Gasteiger partial charge in [0.1, 0.15) is 35.5 Å². The fourth-order valence-corrected chi connectivity index (χ4v) is 5.23.